The summed E-state index contributed by atoms with van der Waals surface area (Å²) in [5.74, 6) is 0.260. The van der Waals surface area contributed by atoms with Gasteiger partial charge in [0, 0.05) is 5.02 Å². The minimum Gasteiger partial charge on any atom is -0.491 e. The first-order valence-electron chi connectivity index (χ1n) is 11.8. The topological polar surface area (TPSA) is 121 Å². The highest BCUT2D eigenvalue weighted by molar-refractivity contribution is 6.30. The number of nitrogens with one attached hydrogen (secondary N) is 1. The second-order valence-electron chi connectivity index (χ2n) is 8.82. The average Bonchev–Trinajstić information content (AvgIpc) is 3.35. The number of carbonyl (C=O) groups is 1. The molecule has 38 heavy (non-hydrogen) atoms. The Kier molecular flexibility index (Phi) is 8.02. The van der Waals surface area contributed by atoms with E-state index in [1.54, 1.807) is 36.4 Å². The van der Waals surface area contributed by atoms with Gasteiger partial charge in [0.25, 0.3) is 0 Å². The number of halogens is 1. The van der Waals surface area contributed by atoms with Crippen molar-refractivity contribution >= 4 is 23.3 Å². The van der Waals surface area contributed by atoms with Crippen molar-refractivity contribution in [1.82, 2.24) is 14.1 Å². The third-order valence-electron chi connectivity index (χ3n) is 5.55. The minimum absolute atomic E-state index is 0.0137. The van der Waals surface area contributed by atoms with Gasteiger partial charge in [-0.25, -0.2) is 23.9 Å². The van der Waals surface area contributed by atoms with E-state index in [1.165, 1.54) is 23.8 Å². The summed E-state index contributed by atoms with van der Waals surface area (Å²) in [5.41, 5.74) is 0.930. The molecule has 11 heteroatoms. The zero-order valence-electron chi connectivity index (χ0n) is 21.4. The van der Waals surface area contributed by atoms with Crippen LogP contribution in [0.15, 0.2) is 73.6 Å². The number of aromatic amines is 1. The highest BCUT2D eigenvalue weighted by Crippen LogP contribution is 2.24. The molecular formula is C27H27ClN4O6. The van der Waals surface area contributed by atoms with E-state index in [2.05, 4.69) is 14.7 Å². The molecule has 0 amide bonds. The van der Waals surface area contributed by atoms with E-state index in [9.17, 15) is 14.4 Å². The van der Waals surface area contributed by atoms with Gasteiger partial charge in [-0.15, -0.1) is 0 Å². The van der Waals surface area contributed by atoms with E-state index in [0.29, 0.717) is 10.7 Å². The number of ether oxygens (including phenoxy) is 2. The van der Waals surface area contributed by atoms with Crippen molar-refractivity contribution in [3.63, 3.8) is 0 Å². The lowest BCUT2D eigenvalue weighted by molar-refractivity contribution is 0.0563. The Hall–Kier alpha value is -4.31. The Morgan fingerprint density at radius 2 is 1.79 bits per heavy atom. The molecule has 10 nitrogen and oxygen atoms in total. The molecule has 0 saturated carbocycles. The molecule has 0 fully saturated rings. The van der Waals surface area contributed by atoms with Crippen LogP contribution in [-0.4, -0.2) is 33.3 Å². The van der Waals surface area contributed by atoms with Crippen LogP contribution in [0, 0.1) is 6.92 Å². The third-order valence-corrected chi connectivity index (χ3v) is 5.81. The zero-order valence-corrected chi connectivity index (χ0v) is 22.1. The Balaban J connectivity index is 1.81. The highest BCUT2D eigenvalue weighted by atomic mass is 35.5. The quantitative estimate of drug-likeness (QED) is 0.341. The van der Waals surface area contributed by atoms with E-state index < -0.39 is 17.3 Å². The van der Waals surface area contributed by atoms with Crippen molar-refractivity contribution in [3.05, 3.63) is 109 Å². The molecular weight excluding hydrogens is 512 g/mol. The van der Waals surface area contributed by atoms with Gasteiger partial charge < -0.3 is 13.9 Å². The summed E-state index contributed by atoms with van der Waals surface area (Å²) in [6, 6.07) is 15.3. The van der Waals surface area contributed by atoms with E-state index in [0.717, 1.165) is 21.4 Å². The van der Waals surface area contributed by atoms with E-state index in [4.69, 9.17) is 20.8 Å². The number of hydrogen-bond donors (Lipinski definition) is 1. The summed E-state index contributed by atoms with van der Waals surface area (Å²) in [6.07, 6.45) is 0.0137. The highest BCUT2D eigenvalue weighted by Gasteiger charge is 2.15. The predicted molar refractivity (Wildman–Crippen MR) is 141 cm³/mol. The van der Waals surface area contributed by atoms with Gasteiger partial charge >= 0.3 is 17.3 Å². The first-order chi connectivity index (χ1) is 18.1. The van der Waals surface area contributed by atoms with Crippen LogP contribution in [0.3, 0.4) is 0 Å². The van der Waals surface area contributed by atoms with Crippen LogP contribution in [-0.2, 0) is 17.8 Å². The first kappa shape index (κ1) is 26.7. The molecule has 0 aliphatic carbocycles. The SMILES string of the molecule is COC(=O)c1ccc(Cn2c(=O)[nH]/c(=N\c3ccc(OC(C)C)c(C)c3)n(Cc3ccc(Cl)cc3)c2=O)o1. The Morgan fingerprint density at radius 1 is 1.05 bits per heavy atom. The van der Waals surface area contributed by atoms with Crippen LogP contribution < -0.4 is 21.7 Å². The van der Waals surface area contributed by atoms with Crippen molar-refractivity contribution < 1.29 is 18.7 Å². The maximum atomic E-state index is 13.6. The van der Waals surface area contributed by atoms with E-state index in [-0.39, 0.29) is 36.3 Å². The Labute approximate surface area is 222 Å². The smallest absolute Gasteiger partial charge is 0.373 e. The summed E-state index contributed by atoms with van der Waals surface area (Å²) in [6.45, 7) is 5.69. The number of hydrogen-bond acceptors (Lipinski definition) is 7. The maximum absolute atomic E-state index is 13.6. The third kappa shape index (κ3) is 6.15. The van der Waals surface area contributed by atoms with Crippen LogP contribution in [0.4, 0.5) is 5.69 Å². The lowest BCUT2D eigenvalue weighted by atomic mass is 10.2. The molecule has 0 aliphatic heterocycles. The number of rotatable bonds is 8. The number of aryl methyl sites for hydroxylation is 1. The predicted octanol–water partition coefficient (Wildman–Crippen LogP) is 3.80. The van der Waals surface area contributed by atoms with Gasteiger partial charge in [0.15, 0.2) is 0 Å². The van der Waals surface area contributed by atoms with Gasteiger partial charge in [-0.2, -0.15) is 0 Å². The molecule has 0 radical (unpaired) electrons. The van der Waals surface area contributed by atoms with Gasteiger partial charge in [-0.1, -0.05) is 23.7 Å². The number of benzene rings is 2. The van der Waals surface area contributed by atoms with Gasteiger partial charge in [0.2, 0.25) is 11.4 Å². The van der Waals surface area contributed by atoms with Crippen molar-refractivity contribution in [1.29, 1.82) is 0 Å². The van der Waals surface area contributed by atoms with E-state index in [1.807, 2.05) is 26.8 Å². The fraction of sp³-hybridized carbons (Fsp3) is 0.259. The molecule has 0 bridgehead atoms. The number of aromatic nitrogens is 3. The summed E-state index contributed by atoms with van der Waals surface area (Å²) in [5, 5.41) is 0.556. The number of furan rings is 1. The fourth-order valence-electron chi connectivity index (χ4n) is 3.74. The zero-order chi connectivity index (χ0) is 27.4. The van der Waals surface area contributed by atoms with Crippen molar-refractivity contribution in [3.8, 4) is 5.75 Å². The van der Waals surface area contributed by atoms with E-state index >= 15 is 0 Å². The van der Waals surface area contributed by atoms with Crippen molar-refractivity contribution in [2.45, 2.75) is 40.0 Å². The van der Waals surface area contributed by atoms with Gasteiger partial charge in [-0.3, -0.25) is 9.55 Å². The fourth-order valence-corrected chi connectivity index (χ4v) is 3.86. The number of H-pyrrole nitrogens is 1. The number of esters is 1. The molecule has 2 aromatic heterocycles. The number of nitrogens with zero attached hydrogens (tertiary/aromatic N) is 3. The number of carbonyl (C=O) groups excluding carboxylic acids is 1. The normalized spacial score (nSPS) is 11.7. The summed E-state index contributed by atoms with van der Waals surface area (Å²) in [7, 11) is 1.23. The van der Waals surface area contributed by atoms with Crippen molar-refractivity contribution in [2.24, 2.45) is 4.99 Å². The maximum Gasteiger partial charge on any atom is 0.373 e. The van der Waals surface area contributed by atoms with Gasteiger partial charge in [0.1, 0.15) is 11.5 Å². The van der Waals surface area contributed by atoms with Crippen LogP contribution in [0.25, 0.3) is 0 Å². The molecule has 4 rings (SSSR count). The monoisotopic (exact) mass is 538 g/mol. The molecule has 0 unspecified atom stereocenters. The lowest BCUT2D eigenvalue weighted by Crippen LogP contribution is -2.50. The second-order valence-corrected chi connectivity index (χ2v) is 9.26. The lowest BCUT2D eigenvalue weighted by Gasteiger charge is -2.13. The average molecular weight is 539 g/mol. The van der Waals surface area contributed by atoms with Crippen LogP contribution in [0.2, 0.25) is 5.02 Å². The number of methoxy groups -OCH3 is 1. The largest absolute Gasteiger partial charge is 0.491 e. The summed E-state index contributed by atoms with van der Waals surface area (Å²) >= 11 is 6.02. The van der Waals surface area contributed by atoms with Gasteiger partial charge in [-0.05, 0) is 74.4 Å². The van der Waals surface area contributed by atoms with Crippen molar-refractivity contribution in [2.75, 3.05) is 7.11 Å². The molecule has 198 valence electrons. The Morgan fingerprint density at radius 3 is 2.45 bits per heavy atom. The molecule has 2 heterocycles. The first-order valence-corrected chi connectivity index (χ1v) is 12.2. The molecule has 4 aromatic rings. The minimum atomic E-state index is -0.686. The summed E-state index contributed by atoms with van der Waals surface area (Å²) in [4.78, 5) is 45.6. The summed E-state index contributed by atoms with van der Waals surface area (Å²) < 4.78 is 18.2. The molecule has 1 N–H and O–H groups in total. The van der Waals surface area contributed by atoms with Crippen LogP contribution >= 0.6 is 11.6 Å². The van der Waals surface area contributed by atoms with Crippen LogP contribution in [0.1, 0.15) is 41.3 Å². The molecule has 2 aromatic carbocycles. The second kappa shape index (κ2) is 11.4. The molecule has 0 spiro atoms. The van der Waals surface area contributed by atoms with Crippen LogP contribution in [0.5, 0.6) is 5.75 Å². The van der Waals surface area contributed by atoms with Gasteiger partial charge in [0.05, 0.1) is 32.0 Å². The molecule has 0 atom stereocenters. The Bertz CT molecular complexity index is 1640. The standard InChI is InChI=1S/C27H27ClN4O6/c1-16(2)37-22-11-9-20(13-17(22)3)29-25-30-26(34)32(15-21-10-12-23(38-21)24(33)36-4)27(35)31(25)14-18-5-7-19(28)8-6-18/h5-13,16H,14-15H2,1-4H3,(H,29,30,34). The molecule has 0 aliphatic rings. The molecule has 0 saturated heterocycles.